The molecule has 0 aromatic carbocycles. The van der Waals surface area contributed by atoms with E-state index in [1.165, 1.54) is 6.08 Å². The molecule has 1 rings (SSSR count). The molecule has 0 amide bonds. The second-order valence-corrected chi connectivity index (χ2v) is 3.13. The van der Waals surface area contributed by atoms with Crippen LogP contribution in [0.25, 0.3) is 0 Å². The Morgan fingerprint density at radius 1 is 1.80 bits per heavy atom. The van der Waals surface area contributed by atoms with E-state index in [1.54, 1.807) is 12.2 Å². The molecule has 0 aliphatic heterocycles. The summed E-state index contributed by atoms with van der Waals surface area (Å²) in [6.45, 7) is 1.83. The van der Waals surface area contributed by atoms with E-state index in [2.05, 4.69) is 0 Å². The fourth-order valence-corrected chi connectivity index (χ4v) is 1.00. The molecule has 2 unspecified atom stereocenters. The Balaban J connectivity index is 2.88. The van der Waals surface area contributed by atoms with Crippen LogP contribution < -0.4 is 5.73 Å². The SMILES string of the molecule is CC1C=CC(N)=CC1(O)Cl. The van der Waals surface area contributed by atoms with Gasteiger partial charge in [-0.1, -0.05) is 24.6 Å². The molecule has 2 nitrogen and oxygen atoms in total. The third kappa shape index (κ3) is 1.33. The van der Waals surface area contributed by atoms with Gasteiger partial charge in [0.15, 0.2) is 5.06 Å². The molecule has 10 heavy (non-hydrogen) atoms. The van der Waals surface area contributed by atoms with Crippen LogP contribution in [0.1, 0.15) is 6.92 Å². The minimum absolute atomic E-state index is 0.0820. The predicted octanol–water partition coefficient (Wildman–Crippen LogP) is 0.962. The highest BCUT2D eigenvalue weighted by Gasteiger charge is 2.28. The second kappa shape index (κ2) is 2.29. The van der Waals surface area contributed by atoms with Crippen molar-refractivity contribution in [1.29, 1.82) is 0 Å². The summed E-state index contributed by atoms with van der Waals surface area (Å²) in [5, 5.41) is 8.08. The molecule has 0 spiro atoms. The van der Waals surface area contributed by atoms with Crippen LogP contribution in [-0.4, -0.2) is 10.2 Å². The van der Waals surface area contributed by atoms with Crippen molar-refractivity contribution in [3.63, 3.8) is 0 Å². The first-order valence-corrected chi connectivity index (χ1v) is 3.48. The molecular formula is C7H10ClNO. The molecule has 0 radical (unpaired) electrons. The van der Waals surface area contributed by atoms with Crippen LogP contribution in [0.4, 0.5) is 0 Å². The summed E-state index contributed by atoms with van der Waals surface area (Å²) >= 11 is 5.67. The molecular weight excluding hydrogens is 150 g/mol. The van der Waals surface area contributed by atoms with Gasteiger partial charge in [0.25, 0.3) is 0 Å². The molecule has 3 heteroatoms. The van der Waals surface area contributed by atoms with Crippen LogP contribution in [0.3, 0.4) is 0 Å². The average Bonchev–Trinajstić information content (AvgIpc) is 1.78. The van der Waals surface area contributed by atoms with Crippen molar-refractivity contribution < 1.29 is 5.11 Å². The van der Waals surface area contributed by atoms with Gasteiger partial charge in [-0.3, -0.25) is 0 Å². The van der Waals surface area contributed by atoms with E-state index in [4.69, 9.17) is 17.3 Å². The van der Waals surface area contributed by atoms with E-state index in [0.717, 1.165) is 0 Å². The highest BCUT2D eigenvalue weighted by atomic mass is 35.5. The van der Waals surface area contributed by atoms with Crippen molar-refractivity contribution in [2.24, 2.45) is 11.7 Å². The average molecular weight is 160 g/mol. The number of hydrogen-bond donors (Lipinski definition) is 2. The Morgan fingerprint density at radius 3 is 2.80 bits per heavy atom. The molecule has 0 aromatic heterocycles. The van der Waals surface area contributed by atoms with Crippen molar-refractivity contribution in [3.8, 4) is 0 Å². The molecule has 0 fully saturated rings. The lowest BCUT2D eigenvalue weighted by molar-refractivity contribution is 0.138. The molecule has 0 saturated heterocycles. The molecule has 0 aromatic rings. The van der Waals surface area contributed by atoms with Gasteiger partial charge in [0, 0.05) is 11.6 Å². The number of aliphatic hydroxyl groups is 1. The first kappa shape index (κ1) is 7.63. The summed E-state index contributed by atoms with van der Waals surface area (Å²) in [7, 11) is 0. The lowest BCUT2D eigenvalue weighted by atomic mass is 9.98. The summed E-state index contributed by atoms with van der Waals surface area (Å²) in [4.78, 5) is 0. The smallest absolute Gasteiger partial charge is 0.165 e. The minimum Gasteiger partial charge on any atom is -0.399 e. The standard InChI is InChI=1S/C7H10ClNO/c1-5-2-3-6(9)4-7(5,8)10/h2-5,10H,9H2,1H3. The molecule has 0 saturated carbocycles. The zero-order valence-electron chi connectivity index (χ0n) is 5.71. The Hall–Kier alpha value is -0.470. The summed E-state index contributed by atoms with van der Waals surface area (Å²) in [5.41, 5.74) is 5.91. The lowest BCUT2D eigenvalue weighted by Crippen LogP contribution is -2.29. The van der Waals surface area contributed by atoms with Crippen molar-refractivity contribution in [2.45, 2.75) is 12.0 Å². The van der Waals surface area contributed by atoms with Gasteiger partial charge >= 0.3 is 0 Å². The highest BCUT2D eigenvalue weighted by molar-refractivity contribution is 6.24. The first-order chi connectivity index (χ1) is 4.52. The van der Waals surface area contributed by atoms with Crippen molar-refractivity contribution in [1.82, 2.24) is 0 Å². The van der Waals surface area contributed by atoms with Crippen LogP contribution in [0, 0.1) is 5.92 Å². The van der Waals surface area contributed by atoms with Gasteiger partial charge < -0.3 is 10.8 Å². The molecule has 0 heterocycles. The number of halogens is 1. The maximum atomic E-state index is 9.37. The quantitative estimate of drug-likeness (QED) is 0.518. The normalized spacial score (nSPS) is 39.5. The van der Waals surface area contributed by atoms with E-state index in [1.807, 2.05) is 6.92 Å². The van der Waals surface area contributed by atoms with Crippen LogP contribution in [-0.2, 0) is 0 Å². The maximum Gasteiger partial charge on any atom is 0.165 e. The monoisotopic (exact) mass is 159 g/mol. The third-order valence-corrected chi connectivity index (χ3v) is 2.04. The third-order valence-electron chi connectivity index (χ3n) is 1.59. The van der Waals surface area contributed by atoms with E-state index in [9.17, 15) is 5.11 Å². The van der Waals surface area contributed by atoms with Gasteiger partial charge in [-0.2, -0.15) is 0 Å². The van der Waals surface area contributed by atoms with Crippen LogP contribution in [0.2, 0.25) is 0 Å². The van der Waals surface area contributed by atoms with Gasteiger partial charge in [0.05, 0.1) is 0 Å². The van der Waals surface area contributed by atoms with Gasteiger partial charge in [-0.05, 0) is 12.2 Å². The number of alkyl halides is 1. The van der Waals surface area contributed by atoms with Gasteiger partial charge in [-0.15, -0.1) is 0 Å². The van der Waals surface area contributed by atoms with Gasteiger partial charge in [0.2, 0.25) is 0 Å². The minimum atomic E-state index is -1.29. The van der Waals surface area contributed by atoms with E-state index in [-0.39, 0.29) is 5.92 Å². The highest BCUT2D eigenvalue weighted by Crippen LogP contribution is 2.28. The molecule has 56 valence electrons. The number of nitrogens with two attached hydrogens (primary N) is 1. The fraction of sp³-hybridized carbons (Fsp3) is 0.429. The zero-order valence-corrected chi connectivity index (χ0v) is 6.47. The summed E-state index contributed by atoms with van der Waals surface area (Å²) < 4.78 is 0. The summed E-state index contributed by atoms with van der Waals surface area (Å²) in [5.74, 6) is -0.0820. The Morgan fingerprint density at radius 2 is 2.40 bits per heavy atom. The van der Waals surface area contributed by atoms with E-state index >= 15 is 0 Å². The van der Waals surface area contributed by atoms with E-state index < -0.39 is 5.06 Å². The summed E-state index contributed by atoms with van der Waals surface area (Å²) in [6.07, 6.45) is 4.96. The van der Waals surface area contributed by atoms with Crippen LogP contribution in [0.15, 0.2) is 23.9 Å². The predicted molar refractivity (Wildman–Crippen MR) is 41.4 cm³/mol. The van der Waals surface area contributed by atoms with Crippen molar-refractivity contribution in [3.05, 3.63) is 23.9 Å². The Labute approximate surface area is 65.0 Å². The molecule has 1 aliphatic carbocycles. The van der Waals surface area contributed by atoms with Crippen LogP contribution in [0.5, 0.6) is 0 Å². The molecule has 1 aliphatic rings. The molecule has 3 N–H and O–H groups in total. The Kier molecular flexibility index (Phi) is 1.75. The number of allylic oxidation sites excluding steroid dienone is 1. The Bertz CT molecular complexity index is 196. The van der Waals surface area contributed by atoms with E-state index in [0.29, 0.717) is 5.70 Å². The second-order valence-electron chi connectivity index (χ2n) is 2.52. The topological polar surface area (TPSA) is 46.2 Å². The van der Waals surface area contributed by atoms with Crippen LogP contribution >= 0.6 is 11.6 Å². The van der Waals surface area contributed by atoms with Crippen molar-refractivity contribution in [2.75, 3.05) is 0 Å². The first-order valence-electron chi connectivity index (χ1n) is 3.10. The maximum absolute atomic E-state index is 9.37. The van der Waals surface area contributed by atoms with Crippen molar-refractivity contribution >= 4 is 11.6 Å². The largest absolute Gasteiger partial charge is 0.399 e. The zero-order chi connectivity index (χ0) is 7.78. The number of rotatable bonds is 0. The van der Waals surface area contributed by atoms with Gasteiger partial charge in [0.1, 0.15) is 0 Å². The molecule has 0 bridgehead atoms. The fourth-order valence-electron chi connectivity index (χ4n) is 0.804. The number of hydrogen-bond acceptors (Lipinski definition) is 2. The lowest BCUT2D eigenvalue weighted by Gasteiger charge is -2.25. The van der Waals surface area contributed by atoms with Gasteiger partial charge in [-0.25, -0.2) is 0 Å². The molecule has 2 atom stereocenters. The summed E-state index contributed by atoms with van der Waals surface area (Å²) in [6, 6.07) is 0.